The molecule has 2 aliphatic heterocycles. The number of aliphatic hydroxyl groups excluding tert-OH is 1. The molecule has 20 heavy (non-hydrogen) atoms. The minimum absolute atomic E-state index is 0.234. The lowest BCUT2D eigenvalue weighted by Gasteiger charge is -2.38. The van der Waals surface area contributed by atoms with Crippen LogP contribution in [0.5, 0.6) is 0 Å². The minimum atomic E-state index is -0.506. The summed E-state index contributed by atoms with van der Waals surface area (Å²) in [6.07, 6.45) is 1.89. The van der Waals surface area contributed by atoms with Crippen LogP contribution in [0.25, 0.3) is 0 Å². The number of hydrogen-bond donors (Lipinski definition) is 1. The molecule has 5 nitrogen and oxygen atoms in total. The van der Waals surface area contributed by atoms with E-state index < -0.39 is 11.8 Å². The zero-order valence-corrected chi connectivity index (χ0v) is 12.8. The average molecular weight is 282 g/mol. The Hall–Kier alpha value is -1.07. The zero-order valence-electron chi connectivity index (χ0n) is 12.8. The first-order chi connectivity index (χ1) is 9.28. The fourth-order valence-electron chi connectivity index (χ4n) is 2.85. The van der Waals surface area contributed by atoms with Gasteiger partial charge in [-0.05, 0) is 45.6 Å². The highest BCUT2D eigenvalue weighted by molar-refractivity contribution is 5.68. The SMILES string of the molecule is C=C1CCN(C2CCN(C(=O)OC(C)(C)C)CC2)C1O. The van der Waals surface area contributed by atoms with Crippen LogP contribution in [0.2, 0.25) is 0 Å². The van der Waals surface area contributed by atoms with Crippen molar-refractivity contribution in [2.75, 3.05) is 19.6 Å². The summed E-state index contributed by atoms with van der Waals surface area (Å²) in [5.41, 5.74) is 0.455. The van der Waals surface area contributed by atoms with Gasteiger partial charge in [0.25, 0.3) is 0 Å². The van der Waals surface area contributed by atoms with E-state index in [0.717, 1.165) is 31.4 Å². The number of amides is 1. The van der Waals surface area contributed by atoms with Crippen molar-refractivity contribution in [3.63, 3.8) is 0 Å². The van der Waals surface area contributed by atoms with Gasteiger partial charge in [0.2, 0.25) is 0 Å². The van der Waals surface area contributed by atoms with E-state index in [1.807, 2.05) is 20.8 Å². The quantitative estimate of drug-likeness (QED) is 0.747. The molecule has 5 heteroatoms. The van der Waals surface area contributed by atoms with E-state index in [1.165, 1.54) is 0 Å². The molecule has 1 unspecified atom stereocenters. The highest BCUT2D eigenvalue weighted by Gasteiger charge is 2.35. The molecule has 2 saturated heterocycles. The minimum Gasteiger partial charge on any atom is -0.444 e. The maximum absolute atomic E-state index is 12.0. The van der Waals surface area contributed by atoms with Gasteiger partial charge in [0.15, 0.2) is 0 Å². The van der Waals surface area contributed by atoms with E-state index in [4.69, 9.17) is 4.74 Å². The smallest absolute Gasteiger partial charge is 0.410 e. The molecule has 0 radical (unpaired) electrons. The van der Waals surface area contributed by atoms with Crippen LogP contribution in [0, 0.1) is 0 Å². The summed E-state index contributed by atoms with van der Waals surface area (Å²) < 4.78 is 5.39. The third-order valence-corrected chi connectivity index (χ3v) is 3.96. The Morgan fingerprint density at radius 1 is 1.30 bits per heavy atom. The number of hydrogen-bond acceptors (Lipinski definition) is 4. The molecule has 0 aromatic carbocycles. The van der Waals surface area contributed by atoms with E-state index in [0.29, 0.717) is 19.1 Å². The highest BCUT2D eigenvalue weighted by Crippen LogP contribution is 2.27. The van der Waals surface area contributed by atoms with Gasteiger partial charge >= 0.3 is 6.09 Å². The molecule has 0 aliphatic carbocycles. The van der Waals surface area contributed by atoms with Crippen LogP contribution < -0.4 is 0 Å². The molecule has 1 amide bonds. The zero-order chi connectivity index (χ0) is 14.9. The number of ether oxygens (including phenoxy) is 1. The summed E-state index contributed by atoms with van der Waals surface area (Å²) in [6.45, 7) is 11.8. The van der Waals surface area contributed by atoms with Crippen molar-refractivity contribution in [3.8, 4) is 0 Å². The maximum atomic E-state index is 12.0. The number of nitrogens with zero attached hydrogens (tertiary/aromatic N) is 2. The summed E-state index contributed by atoms with van der Waals surface area (Å²) in [5.74, 6) is 0. The molecular weight excluding hydrogens is 256 g/mol. The monoisotopic (exact) mass is 282 g/mol. The molecule has 1 atom stereocenters. The van der Waals surface area contributed by atoms with Gasteiger partial charge < -0.3 is 14.7 Å². The van der Waals surface area contributed by atoms with Crippen molar-refractivity contribution < 1.29 is 14.6 Å². The van der Waals surface area contributed by atoms with Gasteiger partial charge in [-0.1, -0.05) is 6.58 Å². The molecule has 114 valence electrons. The van der Waals surface area contributed by atoms with E-state index in [2.05, 4.69) is 11.5 Å². The molecule has 0 saturated carbocycles. The van der Waals surface area contributed by atoms with Crippen molar-refractivity contribution in [2.24, 2.45) is 0 Å². The topological polar surface area (TPSA) is 53.0 Å². The molecule has 2 aliphatic rings. The van der Waals surface area contributed by atoms with Gasteiger partial charge in [0.1, 0.15) is 11.8 Å². The highest BCUT2D eigenvalue weighted by atomic mass is 16.6. The number of likely N-dealkylation sites (tertiary alicyclic amines) is 2. The van der Waals surface area contributed by atoms with Gasteiger partial charge in [0.05, 0.1) is 0 Å². The largest absolute Gasteiger partial charge is 0.444 e. The molecule has 2 rings (SSSR count). The Balaban J connectivity index is 1.84. The number of carbonyl (C=O) groups excluding carboxylic acids is 1. The lowest BCUT2D eigenvalue weighted by Crippen LogP contribution is -2.49. The molecule has 0 spiro atoms. The number of piperidine rings is 1. The fourth-order valence-corrected chi connectivity index (χ4v) is 2.85. The van der Waals surface area contributed by atoms with E-state index in [-0.39, 0.29) is 6.09 Å². The molecule has 2 heterocycles. The Morgan fingerprint density at radius 3 is 2.35 bits per heavy atom. The van der Waals surface area contributed by atoms with Crippen LogP contribution in [0.4, 0.5) is 4.79 Å². The van der Waals surface area contributed by atoms with Crippen LogP contribution in [0.15, 0.2) is 12.2 Å². The number of rotatable bonds is 1. The van der Waals surface area contributed by atoms with Gasteiger partial charge in [-0.2, -0.15) is 0 Å². The van der Waals surface area contributed by atoms with Gasteiger partial charge in [-0.3, -0.25) is 4.90 Å². The van der Waals surface area contributed by atoms with Crippen molar-refractivity contribution >= 4 is 6.09 Å². The summed E-state index contributed by atoms with van der Waals surface area (Å²) in [6, 6.07) is 0.336. The van der Waals surface area contributed by atoms with Crippen molar-refractivity contribution in [1.29, 1.82) is 0 Å². The summed E-state index contributed by atoms with van der Waals surface area (Å²) >= 11 is 0. The van der Waals surface area contributed by atoms with Crippen LogP contribution in [-0.2, 0) is 4.74 Å². The van der Waals surface area contributed by atoms with Gasteiger partial charge in [-0.25, -0.2) is 4.79 Å². The number of aliphatic hydroxyl groups is 1. The first kappa shape index (κ1) is 15.3. The molecule has 2 fully saturated rings. The predicted octanol–water partition coefficient (Wildman–Crippen LogP) is 1.97. The predicted molar refractivity (Wildman–Crippen MR) is 77.3 cm³/mol. The van der Waals surface area contributed by atoms with E-state index in [9.17, 15) is 9.90 Å². The van der Waals surface area contributed by atoms with Crippen LogP contribution in [0.1, 0.15) is 40.0 Å². The summed E-state index contributed by atoms with van der Waals surface area (Å²) in [5, 5.41) is 10.1. The Morgan fingerprint density at radius 2 is 1.90 bits per heavy atom. The van der Waals surface area contributed by atoms with Gasteiger partial charge in [-0.15, -0.1) is 0 Å². The first-order valence-corrected chi connectivity index (χ1v) is 7.37. The Kier molecular flexibility index (Phi) is 4.39. The van der Waals surface area contributed by atoms with E-state index in [1.54, 1.807) is 4.90 Å². The first-order valence-electron chi connectivity index (χ1n) is 7.37. The van der Waals surface area contributed by atoms with Gasteiger partial charge in [0, 0.05) is 25.7 Å². The maximum Gasteiger partial charge on any atom is 0.410 e. The third-order valence-electron chi connectivity index (χ3n) is 3.96. The normalized spacial score (nSPS) is 26.1. The molecule has 0 bridgehead atoms. The lowest BCUT2D eigenvalue weighted by molar-refractivity contribution is -0.00746. The van der Waals surface area contributed by atoms with Crippen LogP contribution in [0.3, 0.4) is 0 Å². The lowest BCUT2D eigenvalue weighted by atomic mass is 10.0. The van der Waals surface area contributed by atoms with Crippen LogP contribution >= 0.6 is 0 Å². The second-order valence-corrected chi connectivity index (χ2v) is 6.72. The standard InChI is InChI=1S/C15H26N2O3/c1-11-5-10-17(13(11)18)12-6-8-16(9-7-12)14(19)20-15(2,3)4/h12-13,18H,1,5-10H2,2-4H3. The summed E-state index contributed by atoms with van der Waals surface area (Å²) in [7, 11) is 0. The summed E-state index contributed by atoms with van der Waals surface area (Å²) in [4.78, 5) is 15.9. The second-order valence-electron chi connectivity index (χ2n) is 6.72. The Labute approximate surface area is 121 Å². The molecular formula is C15H26N2O3. The molecule has 0 aromatic heterocycles. The van der Waals surface area contributed by atoms with Crippen molar-refractivity contribution in [3.05, 3.63) is 12.2 Å². The molecule has 0 aromatic rings. The Bertz CT molecular complexity index is 381. The van der Waals surface area contributed by atoms with E-state index >= 15 is 0 Å². The molecule has 1 N–H and O–H groups in total. The third kappa shape index (κ3) is 3.52. The number of carbonyl (C=O) groups is 1. The fraction of sp³-hybridized carbons (Fsp3) is 0.800. The average Bonchev–Trinajstić information content (AvgIpc) is 2.68. The van der Waals surface area contributed by atoms with Crippen molar-refractivity contribution in [1.82, 2.24) is 9.80 Å². The second kappa shape index (κ2) is 5.74. The van der Waals surface area contributed by atoms with Crippen LogP contribution in [-0.4, -0.2) is 58.5 Å². The van der Waals surface area contributed by atoms with Crippen molar-refractivity contribution in [2.45, 2.75) is 57.9 Å².